The normalized spacial score (nSPS) is 11.9. The number of para-hydroxylation sites is 1. The molecule has 0 saturated carbocycles. The SMILES string of the molecule is Cc1ncc(-c2cccc(O)c2)nc1C(=O)N[C@@H](C)c1cc2cccc(Cl)c2c(=O)n1-c1ccccc1. The van der Waals surface area contributed by atoms with Gasteiger partial charge in [-0.05, 0) is 55.6 Å². The van der Waals surface area contributed by atoms with E-state index in [4.69, 9.17) is 11.6 Å². The number of pyridine rings is 1. The number of rotatable bonds is 5. The van der Waals surface area contributed by atoms with Crippen molar-refractivity contribution in [2.24, 2.45) is 0 Å². The lowest BCUT2D eigenvalue weighted by molar-refractivity contribution is 0.0932. The Morgan fingerprint density at radius 1 is 1.03 bits per heavy atom. The van der Waals surface area contributed by atoms with Crippen LogP contribution in [0.2, 0.25) is 5.02 Å². The predicted molar refractivity (Wildman–Crippen MR) is 144 cm³/mol. The summed E-state index contributed by atoms with van der Waals surface area (Å²) in [6.07, 6.45) is 1.56. The van der Waals surface area contributed by atoms with E-state index in [-0.39, 0.29) is 17.0 Å². The molecule has 0 aliphatic rings. The Hall–Kier alpha value is -4.49. The molecule has 7 nitrogen and oxygen atoms in total. The number of amides is 1. The summed E-state index contributed by atoms with van der Waals surface area (Å²) < 4.78 is 1.57. The van der Waals surface area contributed by atoms with Gasteiger partial charge in [0.1, 0.15) is 11.4 Å². The number of hydrogen-bond donors (Lipinski definition) is 2. The monoisotopic (exact) mass is 510 g/mol. The molecular weight excluding hydrogens is 488 g/mol. The second-order valence-electron chi connectivity index (χ2n) is 8.68. The van der Waals surface area contributed by atoms with Crippen LogP contribution in [0.4, 0.5) is 0 Å². The van der Waals surface area contributed by atoms with Crippen molar-refractivity contribution in [1.82, 2.24) is 19.9 Å². The molecule has 0 radical (unpaired) electrons. The number of halogens is 1. The first-order chi connectivity index (χ1) is 17.8. The molecule has 1 atom stereocenters. The van der Waals surface area contributed by atoms with Gasteiger partial charge < -0.3 is 10.4 Å². The van der Waals surface area contributed by atoms with Crippen LogP contribution in [-0.2, 0) is 0 Å². The zero-order valence-corrected chi connectivity index (χ0v) is 20.9. The Kier molecular flexibility index (Phi) is 6.46. The number of carbonyl (C=O) groups is 1. The fourth-order valence-electron chi connectivity index (χ4n) is 4.31. The lowest BCUT2D eigenvalue weighted by Gasteiger charge is -2.21. The third-order valence-corrected chi connectivity index (χ3v) is 6.46. The Bertz CT molecular complexity index is 1700. The highest BCUT2D eigenvalue weighted by Gasteiger charge is 2.21. The van der Waals surface area contributed by atoms with Crippen molar-refractivity contribution in [3.8, 4) is 22.7 Å². The van der Waals surface area contributed by atoms with E-state index in [2.05, 4.69) is 15.3 Å². The summed E-state index contributed by atoms with van der Waals surface area (Å²) in [6, 6.07) is 22.4. The van der Waals surface area contributed by atoms with E-state index < -0.39 is 11.9 Å². The second kappa shape index (κ2) is 9.87. The number of phenolic OH excluding ortho intramolecular Hbond substituents is 1. The van der Waals surface area contributed by atoms with E-state index in [1.165, 1.54) is 0 Å². The fourth-order valence-corrected chi connectivity index (χ4v) is 4.57. The van der Waals surface area contributed by atoms with Crippen LogP contribution in [0.1, 0.15) is 34.8 Å². The molecule has 0 aliphatic carbocycles. The van der Waals surface area contributed by atoms with E-state index >= 15 is 0 Å². The minimum Gasteiger partial charge on any atom is -0.508 e. The molecule has 2 aromatic heterocycles. The minimum absolute atomic E-state index is 0.0924. The third kappa shape index (κ3) is 4.69. The van der Waals surface area contributed by atoms with Crippen molar-refractivity contribution in [3.05, 3.63) is 118 Å². The van der Waals surface area contributed by atoms with Gasteiger partial charge in [0, 0.05) is 16.9 Å². The molecular formula is C29H23ClN4O3. The van der Waals surface area contributed by atoms with E-state index in [1.807, 2.05) is 49.4 Å². The zero-order valence-electron chi connectivity index (χ0n) is 20.1. The molecule has 0 fully saturated rings. The van der Waals surface area contributed by atoms with Crippen LogP contribution in [0.25, 0.3) is 27.7 Å². The first-order valence-electron chi connectivity index (χ1n) is 11.7. The van der Waals surface area contributed by atoms with Crippen molar-refractivity contribution in [1.29, 1.82) is 0 Å². The van der Waals surface area contributed by atoms with Crippen molar-refractivity contribution in [3.63, 3.8) is 0 Å². The highest BCUT2D eigenvalue weighted by Crippen LogP contribution is 2.26. The number of phenols is 1. The molecule has 0 bridgehead atoms. The van der Waals surface area contributed by atoms with Crippen LogP contribution in [0.5, 0.6) is 5.75 Å². The number of fused-ring (bicyclic) bond motifs is 1. The molecule has 5 rings (SSSR count). The highest BCUT2D eigenvalue weighted by atomic mass is 35.5. The van der Waals surface area contributed by atoms with Crippen LogP contribution in [0.15, 0.2) is 89.9 Å². The van der Waals surface area contributed by atoms with Gasteiger partial charge in [-0.25, -0.2) is 4.98 Å². The van der Waals surface area contributed by atoms with E-state index in [9.17, 15) is 14.7 Å². The zero-order chi connectivity index (χ0) is 26.1. The molecule has 0 aliphatic heterocycles. The summed E-state index contributed by atoms with van der Waals surface area (Å²) in [5, 5.41) is 14.3. The number of aromatic nitrogens is 3. The average molecular weight is 511 g/mol. The average Bonchev–Trinajstić information content (AvgIpc) is 2.89. The Labute approximate surface area is 218 Å². The van der Waals surface area contributed by atoms with Crippen LogP contribution >= 0.6 is 11.6 Å². The van der Waals surface area contributed by atoms with Gasteiger partial charge in [-0.1, -0.05) is 54.1 Å². The van der Waals surface area contributed by atoms with E-state index in [0.29, 0.717) is 44.1 Å². The number of aromatic hydroxyl groups is 1. The molecule has 5 aromatic rings. The standard InChI is InChI=1S/C29H23ClN4O3/c1-17(32-28(36)27-18(2)31-16-24(33-27)19-8-6-12-22(35)14-19)25-15-20-9-7-13-23(30)26(20)29(37)34(25)21-10-4-3-5-11-21/h3-17,35H,1-2H3,(H,32,36)/t17-/m0/s1. The largest absolute Gasteiger partial charge is 0.508 e. The molecule has 0 unspecified atom stereocenters. The quantitative estimate of drug-likeness (QED) is 0.320. The van der Waals surface area contributed by atoms with Crippen molar-refractivity contribution < 1.29 is 9.90 Å². The summed E-state index contributed by atoms with van der Waals surface area (Å²) in [6.45, 7) is 3.51. The molecule has 0 saturated heterocycles. The number of carbonyl (C=O) groups excluding carboxylic acids is 1. The number of nitrogens with zero attached hydrogens (tertiary/aromatic N) is 3. The van der Waals surface area contributed by atoms with Gasteiger partial charge in [0.2, 0.25) is 0 Å². The first-order valence-corrected chi connectivity index (χ1v) is 12.0. The van der Waals surface area contributed by atoms with Gasteiger partial charge >= 0.3 is 0 Å². The summed E-state index contributed by atoms with van der Waals surface area (Å²) in [5.41, 5.74) is 2.69. The van der Waals surface area contributed by atoms with Crippen LogP contribution in [0, 0.1) is 6.92 Å². The maximum atomic E-state index is 13.6. The van der Waals surface area contributed by atoms with Crippen molar-refractivity contribution in [2.75, 3.05) is 0 Å². The van der Waals surface area contributed by atoms with Gasteiger partial charge in [0.15, 0.2) is 0 Å². The maximum absolute atomic E-state index is 13.6. The van der Waals surface area contributed by atoms with Crippen LogP contribution in [0.3, 0.4) is 0 Å². The predicted octanol–water partition coefficient (Wildman–Crippen LogP) is 5.61. The fraction of sp³-hybridized carbons (Fsp3) is 0.103. The molecule has 184 valence electrons. The van der Waals surface area contributed by atoms with E-state index in [0.717, 1.165) is 0 Å². The van der Waals surface area contributed by atoms with Crippen LogP contribution in [-0.4, -0.2) is 25.5 Å². The number of aryl methyl sites for hydroxylation is 1. The van der Waals surface area contributed by atoms with Gasteiger partial charge in [0.05, 0.1) is 34.0 Å². The van der Waals surface area contributed by atoms with Crippen molar-refractivity contribution in [2.45, 2.75) is 19.9 Å². The Balaban J connectivity index is 1.56. The molecule has 1 amide bonds. The van der Waals surface area contributed by atoms with Crippen molar-refractivity contribution >= 4 is 28.3 Å². The lowest BCUT2D eigenvalue weighted by atomic mass is 10.1. The topological polar surface area (TPSA) is 97.1 Å². The Morgan fingerprint density at radius 3 is 2.54 bits per heavy atom. The smallest absolute Gasteiger partial charge is 0.272 e. The first kappa shape index (κ1) is 24.2. The lowest BCUT2D eigenvalue weighted by Crippen LogP contribution is -2.33. The number of benzene rings is 3. The molecule has 8 heteroatoms. The Morgan fingerprint density at radius 2 is 1.78 bits per heavy atom. The summed E-state index contributed by atoms with van der Waals surface area (Å²) in [4.78, 5) is 35.9. The summed E-state index contributed by atoms with van der Waals surface area (Å²) in [7, 11) is 0. The number of nitrogens with one attached hydrogen (secondary N) is 1. The number of hydrogen-bond acceptors (Lipinski definition) is 5. The van der Waals surface area contributed by atoms with Crippen LogP contribution < -0.4 is 10.9 Å². The summed E-state index contributed by atoms with van der Waals surface area (Å²) in [5.74, 6) is -0.340. The van der Waals surface area contributed by atoms with Gasteiger partial charge in [-0.3, -0.25) is 19.1 Å². The second-order valence-corrected chi connectivity index (χ2v) is 9.09. The maximum Gasteiger partial charge on any atom is 0.272 e. The molecule has 2 heterocycles. The minimum atomic E-state index is -0.561. The van der Waals surface area contributed by atoms with Gasteiger partial charge in [-0.2, -0.15) is 0 Å². The molecule has 37 heavy (non-hydrogen) atoms. The highest BCUT2D eigenvalue weighted by molar-refractivity contribution is 6.35. The molecule has 3 aromatic carbocycles. The third-order valence-electron chi connectivity index (χ3n) is 6.14. The van der Waals surface area contributed by atoms with Gasteiger partial charge in [0.25, 0.3) is 11.5 Å². The van der Waals surface area contributed by atoms with Gasteiger partial charge in [-0.15, -0.1) is 0 Å². The molecule has 2 N–H and O–H groups in total. The van der Waals surface area contributed by atoms with E-state index in [1.54, 1.807) is 54.1 Å². The summed E-state index contributed by atoms with van der Waals surface area (Å²) >= 11 is 6.40. The molecule has 0 spiro atoms.